The molecule has 8 nitrogen and oxygen atoms in total. The molecule has 148 valence electrons. The number of sulfonamides is 1. The van der Waals surface area contributed by atoms with E-state index >= 15 is 0 Å². The van der Waals surface area contributed by atoms with Crippen LogP contribution < -0.4 is 10.0 Å². The molecule has 1 aromatic carbocycles. The minimum Gasteiger partial charge on any atom is -0.322 e. The summed E-state index contributed by atoms with van der Waals surface area (Å²) in [5, 5.41) is 7.92. The highest BCUT2D eigenvalue weighted by atomic mass is 32.2. The van der Waals surface area contributed by atoms with Crippen molar-refractivity contribution >= 4 is 38.3 Å². The first-order valence-corrected chi connectivity index (χ1v) is 10.7. The lowest BCUT2D eigenvalue weighted by Crippen LogP contribution is -2.15. The predicted octanol–water partition coefficient (Wildman–Crippen LogP) is 3.25. The van der Waals surface area contributed by atoms with E-state index in [0.29, 0.717) is 22.6 Å². The van der Waals surface area contributed by atoms with E-state index in [9.17, 15) is 13.2 Å². The van der Waals surface area contributed by atoms with Crippen molar-refractivity contribution < 1.29 is 13.2 Å². The highest BCUT2D eigenvalue weighted by molar-refractivity contribution is 7.92. The van der Waals surface area contributed by atoms with Crippen molar-refractivity contribution in [2.75, 3.05) is 16.3 Å². The normalized spacial score (nSPS) is 11.8. The van der Waals surface area contributed by atoms with E-state index in [4.69, 9.17) is 0 Å². The van der Waals surface area contributed by atoms with Crippen molar-refractivity contribution in [3.63, 3.8) is 0 Å². The highest BCUT2D eigenvalue weighted by Gasteiger charge is 2.16. The average Bonchev–Trinajstić information content (AvgIpc) is 2.98. The number of carbonyl (C=O) groups is 1. The zero-order chi connectivity index (χ0) is 20.6. The topological polar surface area (TPSA) is 106 Å². The third kappa shape index (κ3) is 4.14. The van der Waals surface area contributed by atoms with Crippen LogP contribution in [-0.4, -0.2) is 35.3 Å². The molecule has 0 spiro atoms. The lowest BCUT2D eigenvalue weighted by molar-refractivity contribution is 0.102. The Morgan fingerprint density at radius 1 is 1.18 bits per heavy atom. The van der Waals surface area contributed by atoms with Gasteiger partial charge in [0.1, 0.15) is 0 Å². The molecule has 3 aromatic rings. The molecule has 0 fully saturated rings. The first kappa shape index (κ1) is 19.8. The molecule has 0 saturated carbocycles. The van der Waals surface area contributed by atoms with Crippen molar-refractivity contribution in [2.45, 2.75) is 33.7 Å². The molecule has 0 saturated heterocycles. The second-order valence-corrected chi connectivity index (χ2v) is 8.82. The lowest BCUT2D eigenvalue weighted by Gasteiger charge is -2.12. The van der Waals surface area contributed by atoms with Gasteiger partial charge in [-0.25, -0.2) is 18.1 Å². The van der Waals surface area contributed by atoms with Gasteiger partial charge in [0.25, 0.3) is 5.91 Å². The lowest BCUT2D eigenvalue weighted by atomic mass is 10.1. The minimum absolute atomic E-state index is 0.164. The number of carbonyl (C=O) groups excluding carboxylic acids is 1. The molecule has 3 rings (SSSR count). The summed E-state index contributed by atoms with van der Waals surface area (Å²) in [6.07, 6.45) is 2.78. The number of anilines is 2. The van der Waals surface area contributed by atoms with E-state index in [1.54, 1.807) is 44.3 Å². The number of aromatic nitrogens is 3. The SMILES string of the molecule is Cc1ccc(NC(=O)c2cc3cnn(C(C)C)c3nc2C)cc1NS(C)(=O)=O. The number of hydrogen-bond acceptors (Lipinski definition) is 5. The molecular formula is C19H23N5O3S. The fourth-order valence-electron chi connectivity index (χ4n) is 2.88. The van der Waals surface area contributed by atoms with Gasteiger partial charge in [-0.1, -0.05) is 6.07 Å². The van der Waals surface area contributed by atoms with Crippen molar-refractivity contribution in [3.05, 3.63) is 47.3 Å². The number of hydrogen-bond donors (Lipinski definition) is 2. The van der Waals surface area contributed by atoms with E-state index in [2.05, 4.69) is 20.1 Å². The maximum atomic E-state index is 12.8. The Morgan fingerprint density at radius 2 is 1.89 bits per heavy atom. The van der Waals surface area contributed by atoms with Crippen LogP contribution in [0.5, 0.6) is 0 Å². The van der Waals surface area contributed by atoms with Gasteiger partial charge in [-0.15, -0.1) is 0 Å². The second-order valence-electron chi connectivity index (χ2n) is 7.08. The van der Waals surface area contributed by atoms with Gasteiger partial charge in [0, 0.05) is 17.1 Å². The quantitative estimate of drug-likeness (QED) is 0.683. The van der Waals surface area contributed by atoms with Gasteiger partial charge in [0.15, 0.2) is 5.65 Å². The Labute approximate surface area is 164 Å². The van der Waals surface area contributed by atoms with Gasteiger partial charge < -0.3 is 5.32 Å². The van der Waals surface area contributed by atoms with E-state index < -0.39 is 10.0 Å². The smallest absolute Gasteiger partial charge is 0.257 e. The van der Waals surface area contributed by atoms with Crippen molar-refractivity contribution in [2.24, 2.45) is 0 Å². The van der Waals surface area contributed by atoms with Crippen molar-refractivity contribution in [3.8, 4) is 0 Å². The first-order chi connectivity index (χ1) is 13.0. The van der Waals surface area contributed by atoms with Gasteiger partial charge in [-0.3, -0.25) is 9.52 Å². The van der Waals surface area contributed by atoms with Crippen molar-refractivity contribution in [1.82, 2.24) is 14.8 Å². The number of amides is 1. The highest BCUT2D eigenvalue weighted by Crippen LogP contribution is 2.23. The zero-order valence-electron chi connectivity index (χ0n) is 16.4. The van der Waals surface area contributed by atoms with E-state index in [1.807, 2.05) is 18.5 Å². The summed E-state index contributed by atoms with van der Waals surface area (Å²) < 4.78 is 27.3. The maximum Gasteiger partial charge on any atom is 0.257 e. The van der Waals surface area contributed by atoms with Crippen molar-refractivity contribution in [1.29, 1.82) is 0 Å². The first-order valence-electron chi connectivity index (χ1n) is 8.80. The van der Waals surface area contributed by atoms with E-state index in [0.717, 1.165) is 22.9 Å². The molecule has 28 heavy (non-hydrogen) atoms. The molecule has 2 N–H and O–H groups in total. The number of aryl methyl sites for hydroxylation is 2. The molecule has 0 bridgehead atoms. The largest absolute Gasteiger partial charge is 0.322 e. The minimum atomic E-state index is -3.41. The summed E-state index contributed by atoms with van der Waals surface area (Å²) in [4.78, 5) is 17.3. The van der Waals surface area contributed by atoms with Crippen LogP contribution in [0.25, 0.3) is 11.0 Å². The van der Waals surface area contributed by atoms with Crippen LogP contribution in [-0.2, 0) is 10.0 Å². The van der Waals surface area contributed by atoms with Gasteiger partial charge in [0.05, 0.1) is 29.4 Å². The fourth-order valence-corrected chi connectivity index (χ4v) is 3.50. The van der Waals surface area contributed by atoms with Gasteiger partial charge in [-0.2, -0.15) is 5.10 Å². The number of rotatable bonds is 5. The Kier molecular flexibility index (Phi) is 5.12. The number of benzene rings is 1. The predicted molar refractivity (Wildman–Crippen MR) is 110 cm³/mol. The molecule has 2 aromatic heterocycles. The summed E-state index contributed by atoms with van der Waals surface area (Å²) in [5.74, 6) is -0.321. The summed E-state index contributed by atoms with van der Waals surface area (Å²) >= 11 is 0. The second kappa shape index (κ2) is 7.23. The van der Waals surface area contributed by atoms with Gasteiger partial charge >= 0.3 is 0 Å². The third-order valence-corrected chi connectivity index (χ3v) is 4.87. The fraction of sp³-hybridized carbons (Fsp3) is 0.316. The Morgan fingerprint density at radius 3 is 2.54 bits per heavy atom. The molecule has 0 radical (unpaired) electrons. The van der Waals surface area contributed by atoms with Crippen LogP contribution in [0.4, 0.5) is 11.4 Å². The molecule has 0 aliphatic heterocycles. The van der Waals surface area contributed by atoms with Crippen LogP contribution in [0.15, 0.2) is 30.5 Å². The maximum absolute atomic E-state index is 12.8. The summed E-state index contributed by atoms with van der Waals surface area (Å²) in [6.45, 7) is 7.60. The van der Waals surface area contributed by atoms with Crippen LogP contribution in [0.2, 0.25) is 0 Å². The van der Waals surface area contributed by atoms with Crippen LogP contribution in [0, 0.1) is 13.8 Å². The Hall–Kier alpha value is -2.94. The monoisotopic (exact) mass is 401 g/mol. The molecule has 0 unspecified atom stereocenters. The number of nitrogens with zero attached hydrogens (tertiary/aromatic N) is 3. The number of nitrogens with one attached hydrogen (secondary N) is 2. The molecule has 9 heteroatoms. The molecule has 2 heterocycles. The molecule has 1 amide bonds. The van der Waals surface area contributed by atoms with Crippen LogP contribution >= 0.6 is 0 Å². The molecule has 0 aliphatic carbocycles. The Bertz CT molecular complexity index is 1170. The summed E-state index contributed by atoms with van der Waals surface area (Å²) in [6, 6.07) is 6.98. The van der Waals surface area contributed by atoms with Crippen LogP contribution in [0.1, 0.15) is 41.5 Å². The standard InChI is InChI=1S/C19H23N5O3S/c1-11(2)24-18-14(10-20-24)8-16(13(4)21-18)19(25)22-15-7-6-12(3)17(9-15)23-28(5,26)27/h6-11,23H,1-5H3,(H,22,25). The molecule has 0 atom stereocenters. The Balaban J connectivity index is 1.91. The molecule has 0 aliphatic rings. The zero-order valence-corrected chi connectivity index (χ0v) is 17.3. The van der Waals surface area contributed by atoms with E-state index in [1.165, 1.54) is 0 Å². The average molecular weight is 401 g/mol. The summed E-state index contributed by atoms with van der Waals surface area (Å²) in [7, 11) is -3.41. The number of pyridine rings is 1. The van der Waals surface area contributed by atoms with Gasteiger partial charge in [-0.05, 0) is 51.5 Å². The van der Waals surface area contributed by atoms with Gasteiger partial charge in [0.2, 0.25) is 10.0 Å². The molecular weight excluding hydrogens is 378 g/mol. The van der Waals surface area contributed by atoms with Crippen LogP contribution in [0.3, 0.4) is 0 Å². The number of fused-ring (bicyclic) bond motifs is 1. The summed E-state index contributed by atoms with van der Waals surface area (Å²) in [5.41, 5.74) is 3.42. The third-order valence-electron chi connectivity index (χ3n) is 4.28. The van der Waals surface area contributed by atoms with E-state index in [-0.39, 0.29) is 11.9 Å².